The normalized spacial score (nSPS) is 11.2. The second-order valence-electron chi connectivity index (χ2n) is 2.30. The summed E-state index contributed by atoms with van der Waals surface area (Å²) in [4.78, 5) is 24.9. The van der Waals surface area contributed by atoms with Gasteiger partial charge < -0.3 is 15.1 Å². The van der Waals surface area contributed by atoms with Crippen LogP contribution in [0.3, 0.4) is 0 Å². The highest BCUT2D eigenvalue weighted by atomic mass is 31.1. The molecule has 1 amide bonds. The minimum absolute atomic E-state index is 0.0932. The van der Waals surface area contributed by atoms with Gasteiger partial charge in [-0.3, -0.25) is 9.36 Å². The highest BCUT2D eigenvalue weighted by Gasteiger charge is 1.98. The van der Waals surface area contributed by atoms with E-state index in [9.17, 15) is 4.79 Å². The third kappa shape index (κ3) is 18.4. The van der Waals surface area contributed by atoms with Crippen molar-refractivity contribution in [2.45, 2.75) is 26.3 Å². The average Bonchev–Trinajstić information content (AvgIpc) is 2.03. The van der Waals surface area contributed by atoms with Crippen molar-refractivity contribution in [2.24, 2.45) is 0 Å². The summed E-state index contributed by atoms with van der Waals surface area (Å²) < 4.78 is 8.74. The van der Waals surface area contributed by atoms with Crippen LogP contribution in [0.4, 0.5) is 0 Å². The monoisotopic (exact) mass is 209 g/mol. The lowest BCUT2D eigenvalue weighted by Gasteiger charge is -2.07. The van der Waals surface area contributed by atoms with Gasteiger partial charge in [0.2, 0.25) is 5.91 Å². The molecule has 78 valence electrons. The van der Waals surface area contributed by atoms with Gasteiger partial charge in [0.25, 0.3) is 0 Å². The van der Waals surface area contributed by atoms with E-state index in [1.54, 1.807) is 0 Å². The zero-order chi connectivity index (χ0) is 10.9. The molecule has 5 nitrogen and oxygen atoms in total. The minimum Gasteiger partial charge on any atom is -0.350 e. The summed E-state index contributed by atoms with van der Waals surface area (Å²) in [5.41, 5.74) is 0. The Morgan fingerprint density at radius 2 is 2.08 bits per heavy atom. The number of rotatable bonds is 3. The molecule has 0 aliphatic rings. The Balaban J connectivity index is 0. The average molecular weight is 209 g/mol. The molecule has 0 aliphatic carbocycles. The van der Waals surface area contributed by atoms with E-state index >= 15 is 0 Å². The molecule has 1 unspecified atom stereocenters. The molecular weight excluding hydrogens is 193 g/mol. The van der Waals surface area contributed by atoms with Gasteiger partial charge in [-0.15, -0.1) is 0 Å². The van der Waals surface area contributed by atoms with Crippen molar-refractivity contribution in [1.29, 1.82) is 0 Å². The quantitative estimate of drug-likeness (QED) is 0.465. The van der Waals surface area contributed by atoms with Gasteiger partial charge in [-0.1, -0.05) is 13.5 Å². The van der Waals surface area contributed by atoms with E-state index in [0.29, 0.717) is 0 Å². The Labute approximate surface area is 78.4 Å². The van der Waals surface area contributed by atoms with Crippen molar-refractivity contribution in [2.75, 3.05) is 0 Å². The summed E-state index contributed by atoms with van der Waals surface area (Å²) >= 11 is 0. The van der Waals surface area contributed by atoms with Crippen LogP contribution in [0.15, 0.2) is 12.7 Å². The van der Waals surface area contributed by atoms with Crippen LogP contribution >= 0.6 is 8.25 Å². The second kappa shape index (κ2) is 9.45. The molecule has 0 heterocycles. The summed E-state index contributed by atoms with van der Waals surface area (Å²) in [5, 5.41) is 2.72. The van der Waals surface area contributed by atoms with E-state index in [0.717, 1.165) is 6.42 Å². The van der Waals surface area contributed by atoms with Gasteiger partial charge in [-0.25, -0.2) is 0 Å². The topological polar surface area (TPSA) is 86.6 Å². The lowest BCUT2D eigenvalue weighted by atomic mass is 10.2. The molecule has 0 saturated carbocycles. The van der Waals surface area contributed by atoms with Crippen LogP contribution in [0.1, 0.15) is 20.3 Å². The zero-order valence-corrected chi connectivity index (χ0v) is 8.78. The molecule has 0 rings (SSSR count). The van der Waals surface area contributed by atoms with Crippen LogP contribution in [-0.2, 0) is 9.36 Å². The third-order valence-corrected chi connectivity index (χ3v) is 1.19. The molecule has 0 aromatic rings. The summed E-state index contributed by atoms with van der Waals surface area (Å²) in [6.07, 6.45) is 2.24. The Morgan fingerprint density at radius 3 is 2.31 bits per heavy atom. The van der Waals surface area contributed by atoms with E-state index in [2.05, 4.69) is 11.9 Å². The number of hydrogen-bond acceptors (Lipinski definition) is 2. The highest BCUT2D eigenvalue weighted by molar-refractivity contribution is 7.30. The van der Waals surface area contributed by atoms with Crippen molar-refractivity contribution >= 4 is 14.2 Å². The fourth-order valence-electron chi connectivity index (χ4n) is 0.404. The number of hydrogen-bond donors (Lipinski definition) is 3. The van der Waals surface area contributed by atoms with E-state index in [-0.39, 0.29) is 11.9 Å². The summed E-state index contributed by atoms with van der Waals surface area (Å²) in [6.45, 7) is 7.32. The van der Waals surface area contributed by atoms with Crippen molar-refractivity contribution in [3.8, 4) is 0 Å². The molecule has 0 aromatic heterocycles. The molecule has 0 bridgehead atoms. The molecule has 6 heteroatoms. The van der Waals surface area contributed by atoms with Crippen LogP contribution in [0, 0.1) is 0 Å². The van der Waals surface area contributed by atoms with E-state index < -0.39 is 8.25 Å². The zero-order valence-electron chi connectivity index (χ0n) is 7.78. The molecular formula is C7H16NO4P. The third-order valence-electron chi connectivity index (χ3n) is 1.19. The molecule has 1 atom stereocenters. The lowest BCUT2D eigenvalue weighted by Crippen LogP contribution is -2.30. The first-order valence-electron chi connectivity index (χ1n) is 3.78. The molecule has 0 aromatic carbocycles. The Morgan fingerprint density at radius 1 is 1.69 bits per heavy atom. The van der Waals surface area contributed by atoms with Gasteiger partial charge in [-0.2, -0.15) is 0 Å². The Hall–Kier alpha value is -0.640. The van der Waals surface area contributed by atoms with Gasteiger partial charge in [0.15, 0.2) is 0 Å². The molecule has 3 N–H and O–H groups in total. The Kier molecular flexibility index (Phi) is 10.8. The predicted octanol–water partition coefficient (Wildman–Crippen LogP) is 0.448. The van der Waals surface area contributed by atoms with Crippen LogP contribution in [-0.4, -0.2) is 21.7 Å². The van der Waals surface area contributed by atoms with Crippen molar-refractivity contribution in [3.05, 3.63) is 12.7 Å². The molecule has 13 heavy (non-hydrogen) atoms. The lowest BCUT2D eigenvalue weighted by molar-refractivity contribution is -0.117. The number of carbonyl (C=O) groups excluding carboxylic acids is 1. The molecule has 0 aliphatic heterocycles. The van der Waals surface area contributed by atoms with Crippen LogP contribution in [0.5, 0.6) is 0 Å². The van der Waals surface area contributed by atoms with Gasteiger partial charge in [0.05, 0.1) is 0 Å². The van der Waals surface area contributed by atoms with Gasteiger partial charge >= 0.3 is 8.25 Å². The fourth-order valence-corrected chi connectivity index (χ4v) is 0.404. The standard InChI is InChI=1S/C7H13NO.H3O3P/c1-4-6(3)8-7(9)5-2;1-4(2)3/h5-6H,2,4H2,1,3H3,(H,8,9);4H,(H2,1,2,3). The number of amides is 1. The first kappa shape index (κ1) is 14.9. The van der Waals surface area contributed by atoms with Crippen LogP contribution in [0.2, 0.25) is 0 Å². The first-order valence-corrected chi connectivity index (χ1v) is 5.09. The van der Waals surface area contributed by atoms with E-state index in [4.69, 9.17) is 14.4 Å². The van der Waals surface area contributed by atoms with Crippen molar-refractivity contribution in [3.63, 3.8) is 0 Å². The van der Waals surface area contributed by atoms with Crippen molar-refractivity contribution in [1.82, 2.24) is 5.32 Å². The van der Waals surface area contributed by atoms with E-state index in [1.807, 2.05) is 13.8 Å². The van der Waals surface area contributed by atoms with Gasteiger partial charge in [-0.05, 0) is 19.4 Å². The maximum atomic E-state index is 10.6. The maximum Gasteiger partial charge on any atom is 0.314 e. The minimum atomic E-state index is -3.13. The van der Waals surface area contributed by atoms with Crippen molar-refractivity contribution < 1.29 is 19.1 Å². The first-order chi connectivity index (χ1) is 5.93. The molecule has 0 spiro atoms. The fraction of sp³-hybridized carbons (Fsp3) is 0.571. The van der Waals surface area contributed by atoms with Gasteiger partial charge in [0.1, 0.15) is 0 Å². The van der Waals surface area contributed by atoms with E-state index in [1.165, 1.54) is 6.08 Å². The van der Waals surface area contributed by atoms with Gasteiger partial charge in [0, 0.05) is 6.04 Å². The summed E-state index contributed by atoms with van der Waals surface area (Å²) in [7, 11) is -3.13. The largest absolute Gasteiger partial charge is 0.350 e. The predicted molar refractivity (Wildman–Crippen MR) is 51.5 cm³/mol. The smallest absolute Gasteiger partial charge is 0.314 e. The van der Waals surface area contributed by atoms with Crippen LogP contribution in [0.25, 0.3) is 0 Å². The molecule has 0 fully saturated rings. The summed E-state index contributed by atoms with van der Waals surface area (Å²) in [6, 6.07) is 0.260. The molecule has 0 radical (unpaired) electrons. The number of carbonyl (C=O) groups is 1. The molecule has 0 saturated heterocycles. The number of nitrogens with one attached hydrogen (secondary N) is 1. The maximum absolute atomic E-state index is 10.6. The second-order valence-corrected chi connectivity index (χ2v) is 2.87. The highest BCUT2D eigenvalue weighted by Crippen LogP contribution is 1.98. The SMILES string of the molecule is C=CC(=O)NC(C)CC.O=[PH](O)O. The Bertz CT molecular complexity index is 179. The van der Waals surface area contributed by atoms with Crippen LogP contribution < -0.4 is 5.32 Å². The summed E-state index contributed by atoms with van der Waals surface area (Å²) in [5.74, 6) is -0.0932.